The Morgan fingerprint density at radius 1 is 1.24 bits per heavy atom. The van der Waals surface area contributed by atoms with Crippen LogP contribution in [0.5, 0.6) is 0 Å². The lowest BCUT2D eigenvalue weighted by molar-refractivity contribution is -0.0618. The Balaban J connectivity index is 1.64. The Hall–Kier alpha value is -0.480. The minimum absolute atomic E-state index is 0.339. The molecule has 0 aliphatic heterocycles. The molecule has 1 aromatic heterocycles. The van der Waals surface area contributed by atoms with E-state index >= 15 is 0 Å². The summed E-state index contributed by atoms with van der Waals surface area (Å²) in [5.41, 5.74) is 0.962. The molecule has 1 heterocycles. The topological polar surface area (TPSA) is 37.8 Å². The molecule has 3 unspecified atom stereocenters. The van der Waals surface area contributed by atoms with Crippen molar-refractivity contribution in [1.82, 2.24) is 15.5 Å². The van der Waals surface area contributed by atoms with Crippen LogP contribution in [-0.2, 0) is 5.41 Å². The number of hydrogen-bond acceptors (Lipinski definition) is 4. The molecule has 0 radical (unpaired) electrons. The zero-order valence-electron chi connectivity index (χ0n) is 13.5. The molecule has 4 bridgehead atoms. The van der Waals surface area contributed by atoms with Gasteiger partial charge in [-0.15, -0.1) is 10.2 Å². The zero-order chi connectivity index (χ0) is 14.7. The second-order valence-electron chi connectivity index (χ2n) is 8.28. The van der Waals surface area contributed by atoms with E-state index in [4.69, 9.17) is 0 Å². The van der Waals surface area contributed by atoms with Crippen molar-refractivity contribution in [2.45, 2.75) is 70.8 Å². The number of rotatable bonds is 4. The molecule has 0 saturated heterocycles. The van der Waals surface area contributed by atoms with Gasteiger partial charge < -0.3 is 5.32 Å². The van der Waals surface area contributed by atoms with Crippen molar-refractivity contribution in [3.8, 4) is 0 Å². The molecule has 1 N–H and O–H groups in total. The Labute approximate surface area is 131 Å². The standard InChI is InChI=1S/C17H27N3S/c1-4-18-11(2)14-19-20-15(21-14)17-8-12-5-13(9-17)7-16(3,6-12)10-17/h11-13,18H,4-10H2,1-3H3. The Bertz CT molecular complexity index is 524. The monoisotopic (exact) mass is 305 g/mol. The van der Waals surface area contributed by atoms with E-state index in [9.17, 15) is 0 Å². The van der Waals surface area contributed by atoms with Crippen molar-refractivity contribution in [3.05, 3.63) is 10.0 Å². The van der Waals surface area contributed by atoms with Crippen molar-refractivity contribution < 1.29 is 0 Å². The second-order valence-corrected chi connectivity index (χ2v) is 9.29. The van der Waals surface area contributed by atoms with E-state index in [1.807, 2.05) is 11.3 Å². The summed E-state index contributed by atoms with van der Waals surface area (Å²) < 4.78 is 0. The van der Waals surface area contributed by atoms with E-state index in [0.29, 0.717) is 16.9 Å². The summed E-state index contributed by atoms with van der Waals surface area (Å²) in [6.45, 7) is 7.87. The van der Waals surface area contributed by atoms with Crippen LogP contribution in [-0.4, -0.2) is 16.7 Å². The van der Waals surface area contributed by atoms with Gasteiger partial charge in [0, 0.05) is 5.41 Å². The smallest absolute Gasteiger partial charge is 0.134 e. The summed E-state index contributed by atoms with van der Waals surface area (Å²) in [7, 11) is 0. The van der Waals surface area contributed by atoms with Crippen molar-refractivity contribution in [2.75, 3.05) is 6.54 Å². The van der Waals surface area contributed by atoms with E-state index in [1.165, 1.54) is 48.5 Å². The van der Waals surface area contributed by atoms with Gasteiger partial charge in [-0.05, 0) is 69.2 Å². The first-order chi connectivity index (χ1) is 10.0. The summed E-state index contributed by atoms with van der Waals surface area (Å²) in [6.07, 6.45) is 8.52. The molecule has 4 heteroatoms. The first-order valence-electron chi connectivity index (χ1n) is 8.59. The number of aromatic nitrogens is 2. The average molecular weight is 305 g/mol. The highest BCUT2D eigenvalue weighted by atomic mass is 32.1. The van der Waals surface area contributed by atoms with E-state index in [1.54, 1.807) is 0 Å². The highest BCUT2D eigenvalue weighted by molar-refractivity contribution is 7.11. The fourth-order valence-corrected chi connectivity index (χ4v) is 7.06. The van der Waals surface area contributed by atoms with Crippen LogP contribution in [0.1, 0.15) is 75.4 Å². The Morgan fingerprint density at radius 3 is 2.57 bits per heavy atom. The van der Waals surface area contributed by atoms with Gasteiger partial charge in [-0.3, -0.25) is 0 Å². The van der Waals surface area contributed by atoms with Gasteiger partial charge in [-0.1, -0.05) is 25.2 Å². The maximum absolute atomic E-state index is 4.67. The van der Waals surface area contributed by atoms with Crippen molar-refractivity contribution in [3.63, 3.8) is 0 Å². The molecule has 1 aromatic rings. The number of nitrogens with zero attached hydrogens (tertiary/aromatic N) is 2. The number of hydrogen-bond donors (Lipinski definition) is 1. The van der Waals surface area contributed by atoms with Gasteiger partial charge in [0.25, 0.3) is 0 Å². The minimum atomic E-state index is 0.339. The van der Waals surface area contributed by atoms with Crippen molar-refractivity contribution in [2.24, 2.45) is 17.3 Å². The van der Waals surface area contributed by atoms with E-state index in [2.05, 4.69) is 36.3 Å². The SMILES string of the molecule is CCNC(C)c1nnc(C23CC4CC(CC(C)(C4)C2)C3)s1. The molecule has 4 fully saturated rings. The fourth-order valence-electron chi connectivity index (χ4n) is 5.99. The van der Waals surface area contributed by atoms with Crippen LogP contribution in [0.25, 0.3) is 0 Å². The van der Waals surface area contributed by atoms with Crippen LogP contribution >= 0.6 is 11.3 Å². The number of nitrogens with one attached hydrogen (secondary N) is 1. The first-order valence-corrected chi connectivity index (χ1v) is 9.41. The summed E-state index contributed by atoms with van der Waals surface area (Å²) in [4.78, 5) is 0. The van der Waals surface area contributed by atoms with Gasteiger partial charge in [0.05, 0.1) is 6.04 Å². The summed E-state index contributed by atoms with van der Waals surface area (Å²) in [5, 5.41) is 15.2. The third-order valence-electron chi connectivity index (χ3n) is 6.13. The highest BCUT2D eigenvalue weighted by Gasteiger charge is 2.57. The average Bonchev–Trinajstić information content (AvgIpc) is 2.86. The van der Waals surface area contributed by atoms with Crippen LogP contribution in [0, 0.1) is 17.3 Å². The molecule has 0 amide bonds. The van der Waals surface area contributed by atoms with Crippen molar-refractivity contribution >= 4 is 11.3 Å². The third kappa shape index (κ3) is 2.26. The molecule has 0 spiro atoms. The van der Waals surface area contributed by atoms with Gasteiger partial charge in [-0.25, -0.2) is 0 Å². The maximum atomic E-state index is 4.67. The normalized spacial score (nSPS) is 42.4. The molecular formula is C17H27N3S. The lowest BCUT2D eigenvalue weighted by Crippen LogP contribution is -2.52. The van der Waals surface area contributed by atoms with Crippen LogP contribution in [0.3, 0.4) is 0 Å². The lowest BCUT2D eigenvalue weighted by atomic mass is 9.45. The van der Waals surface area contributed by atoms with E-state index in [-0.39, 0.29) is 0 Å². The fraction of sp³-hybridized carbons (Fsp3) is 0.882. The molecule has 0 aromatic carbocycles. The largest absolute Gasteiger partial charge is 0.308 e. The molecular weight excluding hydrogens is 278 g/mol. The molecule has 21 heavy (non-hydrogen) atoms. The Morgan fingerprint density at radius 2 is 1.95 bits per heavy atom. The zero-order valence-corrected chi connectivity index (χ0v) is 14.3. The second kappa shape index (κ2) is 4.76. The molecule has 3 nitrogen and oxygen atoms in total. The van der Waals surface area contributed by atoms with Crippen molar-refractivity contribution in [1.29, 1.82) is 0 Å². The third-order valence-corrected chi connectivity index (χ3v) is 7.48. The minimum Gasteiger partial charge on any atom is -0.308 e. The Kier molecular flexibility index (Phi) is 3.20. The van der Waals surface area contributed by atoms with Crippen LogP contribution < -0.4 is 5.32 Å². The molecule has 4 saturated carbocycles. The molecule has 5 rings (SSSR count). The van der Waals surface area contributed by atoms with Crippen LogP contribution in [0.2, 0.25) is 0 Å². The molecule has 116 valence electrons. The van der Waals surface area contributed by atoms with E-state index in [0.717, 1.165) is 18.4 Å². The summed E-state index contributed by atoms with van der Waals surface area (Å²) in [6, 6.07) is 0.339. The van der Waals surface area contributed by atoms with Crippen LogP contribution in [0.4, 0.5) is 0 Å². The predicted molar refractivity (Wildman–Crippen MR) is 86.5 cm³/mol. The van der Waals surface area contributed by atoms with Gasteiger partial charge >= 0.3 is 0 Å². The molecule has 4 aliphatic carbocycles. The van der Waals surface area contributed by atoms with Gasteiger partial charge in [-0.2, -0.15) is 0 Å². The predicted octanol–water partition coefficient (Wildman–Crippen LogP) is 4.07. The maximum Gasteiger partial charge on any atom is 0.134 e. The van der Waals surface area contributed by atoms with Crippen LogP contribution in [0.15, 0.2) is 0 Å². The summed E-state index contributed by atoms with van der Waals surface area (Å²) in [5.74, 6) is 1.91. The molecule has 4 aliphatic rings. The first kappa shape index (κ1) is 14.1. The quantitative estimate of drug-likeness (QED) is 0.911. The van der Waals surface area contributed by atoms with Gasteiger partial charge in [0.2, 0.25) is 0 Å². The molecule has 3 atom stereocenters. The van der Waals surface area contributed by atoms with Gasteiger partial charge in [0.15, 0.2) is 0 Å². The summed E-state index contributed by atoms with van der Waals surface area (Å²) >= 11 is 1.88. The lowest BCUT2D eigenvalue weighted by Gasteiger charge is -2.60. The van der Waals surface area contributed by atoms with E-state index < -0.39 is 0 Å². The highest BCUT2D eigenvalue weighted by Crippen LogP contribution is 2.65. The van der Waals surface area contributed by atoms with Gasteiger partial charge in [0.1, 0.15) is 10.0 Å².